The summed E-state index contributed by atoms with van der Waals surface area (Å²) in [5, 5.41) is 16.6. The maximum absolute atomic E-state index is 10.6. The summed E-state index contributed by atoms with van der Waals surface area (Å²) >= 11 is 3.41. The number of nitrogens with one attached hydrogen (secondary N) is 1. The van der Waals surface area contributed by atoms with Gasteiger partial charge in [0, 0.05) is 28.8 Å². The molecule has 7 nitrogen and oxygen atoms in total. The van der Waals surface area contributed by atoms with Crippen LogP contribution in [-0.2, 0) is 6.54 Å². The summed E-state index contributed by atoms with van der Waals surface area (Å²) in [6.07, 6.45) is 1.76. The number of rotatable bonds is 5. The number of nitro groups is 1. The molecule has 1 aliphatic rings. The van der Waals surface area contributed by atoms with Gasteiger partial charge in [-0.1, -0.05) is 28.1 Å². The van der Waals surface area contributed by atoms with E-state index in [1.807, 2.05) is 29.2 Å². The molecule has 0 aromatic heterocycles. The van der Waals surface area contributed by atoms with Crippen molar-refractivity contribution in [3.05, 3.63) is 68.7 Å². The Morgan fingerprint density at radius 2 is 1.87 bits per heavy atom. The van der Waals surface area contributed by atoms with Crippen molar-refractivity contribution in [3.63, 3.8) is 0 Å². The molecule has 0 spiro atoms. The zero-order chi connectivity index (χ0) is 16.2. The quantitative estimate of drug-likeness (QED) is 0.641. The van der Waals surface area contributed by atoms with Crippen molar-refractivity contribution in [2.24, 2.45) is 5.10 Å². The molecule has 0 saturated carbocycles. The van der Waals surface area contributed by atoms with Crippen LogP contribution in [-0.4, -0.2) is 23.0 Å². The van der Waals surface area contributed by atoms with E-state index in [1.54, 1.807) is 23.6 Å². The second-order valence-electron chi connectivity index (χ2n) is 4.98. The number of hydrogen-bond acceptors (Lipinski definition) is 6. The summed E-state index contributed by atoms with van der Waals surface area (Å²) in [6, 6.07) is 14.4. The molecule has 2 aromatic rings. The van der Waals surface area contributed by atoms with E-state index >= 15 is 0 Å². The second-order valence-corrected chi connectivity index (χ2v) is 5.89. The van der Waals surface area contributed by atoms with Crippen LogP contribution in [0.3, 0.4) is 0 Å². The van der Waals surface area contributed by atoms with Gasteiger partial charge in [0.1, 0.15) is 13.0 Å². The van der Waals surface area contributed by atoms with E-state index in [-0.39, 0.29) is 5.69 Å². The average Bonchev–Trinajstić information content (AvgIpc) is 3.03. The first-order chi connectivity index (χ1) is 11.1. The lowest BCUT2D eigenvalue weighted by atomic mass is 10.2. The van der Waals surface area contributed by atoms with Gasteiger partial charge in [-0.25, -0.2) is 10.5 Å². The van der Waals surface area contributed by atoms with Crippen LogP contribution in [0.1, 0.15) is 5.56 Å². The molecule has 2 aromatic carbocycles. The first-order valence-corrected chi connectivity index (χ1v) is 7.72. The Morgan fingerprint density at radius 1 is 1.17 bits per heavy atom. The molecule has 0 saturated heterocycles. The summed E-state index contributed by atoms with van der Waals surface area (Å²) in [7, 11) is 0. The van der Waals surface area contributed by atoms with Gasteiger partial charge in [0.25, 0.3) is 5.69 Å². The second kappa shape index (κ2) is 6.76. The summed E-state index contributed by atoms with van der Waals surface area (Å²) in [6.45, 7) is 1.14. The first-order valence-electron chi connectivity index (χ1n) is 6.92. The van der Waals surface area contributed by atoms with E-state index in [0.29, 0.717) is 13.2 Å². The van der Waals surface area contributed by atoms with E-state index in [0.717, 1.165) is 15.7 Å². The first kappa shape index (κ1) is 15.4. The van der Waals surface area contributed by atoms with Crippen LogP contribution >= 0.6 is 15.9 Å². The van der Waals surface area contributed by atoms with E-state index < -0.39 is 4.92 Å². The highest BCUT2D eigenvalue weighted by Crippen LogP contribution is 2.19. The third-order valence-corrected chi connectivity index (χ3v) is 3.92. The average molecular weight is 376 g/mol. The van der Waals surface area contributed by atoms with Gasteiger partial charge in [0.05, 0.1) is 4.92 Å². The number of halogens is 1. The smallest absolute Gasteiger partial charge is 0.269 e. The van der Waals surface area contributed by atoms with E-state index in [2.05, 4.69) is 26.5 Å². The summed E-state index contributed by atoms with van der Waals surface area (Å²) in [5.74, 6) is 0. The number of non-ortho nitro benzene ring substituents is 1. The zero-order valence-corrected chi connectivity index (χ0v) is 13.7. The molecule has 0 radical (unpaired) electrons. The lowest BCUT2D eigenvalue weighted by molar-refractivity contribution is -0.384. The highest BCUT2D eigenvalue weighted by Gasteiger charge is 2.15. The van der Waals surface area contributed by atoms with Crippen molar-refractivity contribution in [3.8, 4) is 0 Å². The molecule has 0 bridgehead atoms. The Bertz CT molecular complexity index is 718. The summed E-state index contributed by atoms with van der Waals surface area (Å²) in [4.78, 5) is 12.2. The van der Waals surface area contributed by atoms with Gasteiger partial charge < -0.3 is 4.90 Å². The number of hydrazone groups is 1. The Hall–Kier alpha value is -2.45. The molecule has 0 aliphatic carbocycles. The third-order valence-electron chi connectivity index (χ3n) is 3.39. The van der Waals surface area contributed by atoms with Crippen LogP contribution in [0.2, 0.25) is 0 Å². The molecule has 1 aliphatic heterocycles. The van der Waals surface area contributed by atoms with E-state index in [9.17, 15) is 10.1 Å². The zero-order valence-electron chi connectivity index (χ0n) is 12.1. The van der Waals surface area contributed by atoms with Crippen molar-refractivity contribution >= 4 is 33.6 Å². The third kappa shape index (κ3) is 3.85. The monoisotopic (exact) mass is 375 g/mol. The van der Waals surface area contributed by atoms with Gasteiger partial charge in [0.15, 0.2) is 0 Å². The molecule has 0 amide bonds. The fraction of sp³-hybridized carbons (Fsp3) is 0.133. The lowest BCUT2D eigenvalue weighted by Crippen LogP contribution is -2.36. The number of anilines is 1. The Morgan fingerprint density at radius 3 is 2.52 bits per heavy atom. The molecule has 3 rings (SSSR count). The van der Waals surface area contributed by atoms with Gasteiger partial charge >= 0.3 is 0 Å². The van der Waals surface area contributed by atoms with Crippen LogP contribution in [0.15, 0.2) is 58.1 Å². The predicted octanol–water partition coefficient (Wildman–Crippen LogP) is 3.08. The molecular weight excluding hydrogens is 362 g/mol. The van der Waals surface area contributed by atoms with Gasteiger partial charge in [-0.3, -0.25) is 10.1 Å². The van der Waals surface area contributed by atoms with Crippen LogP contribution < -0.4 is 10.3 Å². The van der Waals surface area contributed by atoms with Crippen LogP contribution in [0.25, 0.3) is 0 Å². The Kier molecular flexibility index (Phi) is 4.54. The molecule has 118 valence electrons. The minimum atomic E-state index is -0.405. The van der Waals surface area contributed by atoms with E-state index in [1.165, 1.54) is 12.1 Å². The van der Waals surface area contributed by atoms with Crippen LogP contribution in [0, 0.1) is 10.1 Å². The highest BCUT2D eigenvalue weighted by molar-refractivity contribution is 9.10. The predicted molar refractivity (Wildman–Crippen MR) is 91.8 cm³/mol. The SMILES string of the molecule is O=[N+]([O-])c1ccc(CNN2CN(c3ccc(Br)cc3)C=N2)cc1. The van der Waals surface area contributed by atoms with Crippen molar-refractivity contribution in [1.82, 2.24) is 10.5 Å². The standard InChI is InChI=1S/C15H14BrN5O2/c16-13-3-7-14(8-4-13)19-10-18-20(11-19)17-9-12-1-5-15(6-2-12)21(22)23/h1-8,10,17H,9,11H2. The molecule has 1 N–H and O–H groups in total. The number of nitrogens with zero attached hydrogens (tertiary/aromatic N) is 4. The van der Waals surface area contributed by atoms with Crippen molar-refractivity contribution < 1.29 is 4.92 Å². The minimum Gasteiger partial charge on any atom is -0.309 e. The molecule has 1 heterocycles. The topological polar surface area (TPSA) is 74.0 Å². The van der Waals surface area contributed by atoms with Gasteiger partial charge in [-0.05, 0) is 29.8 Å². The summed E-state index contributed by atoms with van der Waals surface area (Å²) < 4.78 is 1.03. The van der Waals surface area contributed by atoms with Gasteiger partial charge in [-0.15, -0.1) is 0 Å². The van der Waals surface area contributed by atoms with Crippen molar-refractivity contribution in [2.45, 2.75) is 6.54 Å². The maximum Gasteiger partial charge on any atom is 0.269 e. The molecular formula is C15H14BrN5O2. The van der Waals surface area contributed by atoms with Crippen molar-refractivity contribution in [2.75, 3.05) is 11.6 Å². The fourth-order valence-electron chi connectivity index (χ4n) is 2.13. The summed E-state index contributed by atoms with van der Waals surface area (Å²) in [5.41, 5.74) is 5.27. The van der Waals surface area contributed by atoms with E-state index in [4.69, 9.17) is 0 Å². The Balaban J connectivity index is 1.53. The number of hydrazine groups is 1. The van der Waals surface area contributed by atoms with Crippen LogP contribution in [0.4, 0.5) is 11.4 Å². The Labute approximate surface area is 141 Å². The van der Waals surface area contributed by atoms with Gasteiger partial charge in [-0.2, -0.15) is 5.10 Å². The van der Waals surface area contributed by atoms with Crippen LogP contribution in [0.5, 0.6) is 0 Å². The maximum atomic E-state index is 10.6. The fourth-order valence-corrected chi connectivity index (χ4v) is 2.40. The molecule has 23 heavy (non-hydrogen) atoms. The number of hydrogen-bond donors (Lipinski definition) is 1. The lowest BCUT2D eigenvalue weighted by Gasteiger charge is -2.19. The van der Waals surface area contributed by atoms with Gasteiger partial charge in [0.2, 0.25) is 0 Å². The number of nitro benzene ring substituents is 1. The largest absolute Gasteiger partial charge is 0.309 e. The normalized spacial score (nSPS) is 13.6. The highest BCUT2D eigenvalue weighted by atomic mass is 79.9. The minimum absolute atomic E-state index is 0.0920. The molecule has 0 fully saturated rings. The van der Waals surface area contributed by atoms with Crippen molar-refractivity contribution in [1.29, 1.82) is 0 Å². The number of benzene rings is 2. The molecule has 0 unspecified atom stereocenters. The molecule has 0 atom stereocenters. The molecule has 8 heteroatoms.